The van der Waals surface area contributed by atoms with Crippen molar-refractivity contribution in [3.05, 3.63) is 6.33 Å². The molecule has 4 rings (SSSR count). The zero-order chi connectivity index (χ0) is 21.6. The lowest BCUT2D eigenvalue weighted by molar-refractivity contribution is -0.157. The minimum absolute atomic E-state index is 0.0852. The number of ether oxygens (including phenoxy) is 2. The van der Waals surface area contributed by atoms with E-state index < -0.39 is 55.8 Å². The van der Waals surface area contributed by atoms with E-state index in [1.807, 2.05) is 0 Å². The number of nitrogens with one attached hydrogen (secondary N) is 1. The standard InChI is InChI=1S/C14H17BBrN5O8P/c15-30(25)26-3-5-9(29-30)10(28-7(24)2-1-6(22)23)13(27-5)21-12-8(20-14(21)16)11(17)18-4-19-12/h4-5,9-10,13-14,20,25H,1-3H2,(H,22,23)(H2,17,18,19)/q+1/t5?,9-,10?,13?,14?,30?/m1/s1. The molecule has 0 spiro atoms. The van der Waals surface area contributed by atoms with Crippen LogP contribution in [-0.4, -0.2) is 75.7 Å². The Morgan fingerprint density at radius 2 is 2.23 bits per heavy atom. The molecule has 0 aromatic carbocycles. The van der Waals surface area contributed by atoms with E-state index in [4.69, 9.17) is 36.9 Å². The van der Waals surface area contributed by atoms with Crippen molar-refractivity contribution in [2.24, 2.45) is 0 Å². The molecule has 30 heavy (non-hydrogen) atoms. The van der Waals surface area contributed by atoms with Crippen molar-refractivity contribution in [1.82, 2.24) is 9.97 Å². The summed E-state index contributed by atoms with van der Waals surface area (Å²) in [6, 6.07) is 0. The Morgan fingerprint density at radius 3 is 2.97 bits per heavy atom. The first-order valence-corrected chi connectivity index (χ1v) is 11.3. The van der Waals surface area contributed by atoms with Gasteiger partial charge in [-0.25, -0.2) is 14.9 Å². The number of carbonyl (C=O) groups excluding carboxylic acids is 1. The Balaban J connectivity index is 1.63. The maximum Gasteiger partial charge on any atom is 0.488 e. The van der Waals surface area contributed by atoms with Crippen molar-refractivity contribution in [1.29, 1.82) is 0 Å². The van der Waals surface area contributed by atoms with Gasteiger partial charge in [0.15, 0.2) is 35.1 Å². The molecule has 0 bridgehead atoms. The second kappa shape index (κ2) is 8.06. The Kier molecular flexibility index (Phi) is 5.77. The fourth-order valence-electron chi connectivity index (χ4n) is 3.39. The van der Waals surface area contributed by atoms with E-state index in [1.54, 1.807) is 4.90 Å². The Hall–Kier alpha value is -1.77. The molecule has 1 aromatic heterocycles. The lowest BCUT2D eigenvalue weighted by Gasteiger charge is -2.32. The molecule has 160 valence electrons. The second-order valence-corrected chi connectivity index (χ2v) is 9.15. The molecule has 6 atom stereocenters. The van der Waals surface area contributed by atoms with E-state index in [0.717, 1.165) is 0 Å². The van der Waals surface area contributed by atoms with Gasteiger partial charge in [0.1, 0.15) is 24.7 Å². The van der Waals surface area contributed by atoms with Crippen molar-refractivity contribution in [3.8, 4) is 0 Å². The molecule has 4 heterocycles. The summed E-state index contributed by atoms with van der Waals surface area (Å²) in [7, 11) is 2.00. The van der Waals surface area contributed by atoms with Gasteiger partial charge in [0.05, 0.1) is 12.8 Å². The molecule has 13 nitrogen and oxygen atoms in total. The van der Waals surface area contributed by atoms with Gasteiger partial charge >= 0.3 is 27.3 Å². The summed E-state index contributed by atoms with van der Waals surface area (Å²) in [6.45, 7) is -0.0852. The van der Waals surface area contributed by atoms with Gasteiger partial charge < -0.3 is 25.6 Å². The Morgan fingerprint density at radius 1 is 1.47 bits per heavy atom. The van der Waals surface area contributed by atoms with Crippen LogP contribution in [-0.2, 0) is 28.1 Å². The van der Waals surface area contributed by atoms with Gasteiger partial charge in [0.2, 0.25) is 0 Å². The molecule has 1 aromatic rings. The molecule has 2 saturated heterocycles. The SMILES string of the molecule is [B][P+]1(O)OCC2OC(N3c4ncnc(N)c4NC3Br)C(OC(=O)CCC(=O)O)[C@@H]2O1. The molecule has 16 heteroatoms. The van der Waals surface area contributed by atoms with E-state index in [9.17, 15) is 14.5 Å². The van der Waals surface area contributed by atoms with E-state index in [-0.39, 0.29) is 18.8 Å². The van der Waals surface area contributed by atoms with E-state index >= 15 is 0 Å². The largest absolute Gasteiger partial charge is 0.488 e. The van der Waals surface area contributed by atoms with Gasteiger partial charge in [-0.3, -0.25) is 14.5 Å². The average Bonchev–Trinajstić information content (AvgIpc) is 3.17. The van der Waals surface area contributed by atoms with E-state index in [1.165, 1.54) is 6.33 Å². The number of halogens is 1. The third-order valence-corrected chi connectivity index (χ3v) is 6.41. The van der Waals surface area contributed by atoms with Gasteiger partial charge in [-0.05, 0) is 15.9 Å². The van der Waals surface area contributed by atoms with Crippen LogP contribution >= 0.6 is 23.8 Å². The number of carboxylic acids is 1. The third kappa shape index (κ3) is 4.05. The maximum absolute atomic E-state index is 12.3. The summed E-state index contributed by atoms with van der Waals surface area (Å²) in [5.74, 6) is -1.32. The lowest BCUT2D eigenvalue weighted by atomic mass is 10.1. The van der Waals surface area contributed by atoms with Crippen LogP contribution in [0.25, 0.3) is 0 Å². The van der Waals surface area contributed by atoms with Crippen LogP contribution in [0.15, 0.2) is 6.33 Å². The van der Waals surface area contributed by atoms with E-state index in [2.05, 4.69) is 31.2 Å². The molecule has 0 saturated carbocycles. The van der Waals surface area contributed by atoms with Crippen LogP contribution in [0.5, 0.6) is 0 Å². The van der Waals surface area contributed by atoms with Gasteiger partial charge in [-0.15, -0.1) is 0 Å². The summed E-state index contributed by atoms with van der Waals surface area (Å²) in [6.07, 6.45) is -3.14. The Bertz CT molecular complexity index is 868. The molecule has 2 radical (unpaired) electrons. The maximum atomic E-state index is 12.3. The summed E-state index contributed by atoms with van der Waals surface area (Å²) in [4.78, 5) is 42.9. The predicted molar refractivity (Wildman–Crippen MR) is 106 cm³/mol. The van der Waals surface area contributed by atoms with Gasteiger partial charge in [0.25, 0.3) is 0 Å². The van der Waals surface area contributed by atoms with Crippen LogP contribution in [0.1, 0.15) is 12.8 Å². The number of anilines is 3. The minimum atomic E-state index is -3.62. The van der Waals surface area contributed by atoms with E-state index in [0.29, 0.717) is 11.5 Å². The fraction of sp³-hybridized carbons (Fsp3) is 0.571. The number of aliphatic carboxylic acids is 1. The number of fused-ring (bicyclic) bond motifs is 2. The highest BCUT2D eigenvalue weighted by Crippen LogP contribution is 2.58. The summed E-state index contributed by atoms with van der Waals surface area (Å²) < 4.78 is 22.1. The normalized spacial score (nSPS) is 34.7. The third-order valence-electron chi connectivity index (χ3n) is 4.68. The summed E-state index contributed by atoms with van der Waals surface area (Å²) in [5.41, 5.74) is 6.35. The number of carbonyl (C=O) groups is 2. The lowest BCUT2D eigenvalue weighted by Crippen LogP contribution is -2.50. The number of esters is 1. The first-order valence-electron chi connectivity index (χ1n) is 8.76. The van der Waals surface area contributed by atoms with Crippen LogP contribution in [0.2, 0.25) is 0 Å². The van der Waals surface area contributed by atoms with Crippen molar-refractivity contribution in [3.63, 3.8) is 0 Å². The summed E-state index contributed by atoms with van der Waals surface area (Å²) in [5, 5.41) is 11.3. The number of aromatic nitrogens is 2. The molecule has 3 aliphatic heterocycles. The zero-order valence-electron chi connectivity index (χ0n) is 15.3. The topological polar surface area (TPSA) is 179 Å². The average molecular weight is 505 g/mol. The Labute approximate surface area is 180 Å². The highest BCUT2D eigenvalue weighted by atomic mass is 79.9. The van der Waals surface area contributed by atoms with Crippen LogP contribution in [0, 0.1) is 0 Å². The molecule has 0 aliphatic carbocycles. The van der Waals surface area contributed by atoms with Crippen molar-refractivity contribution >= 4 is 60.6 Å². The summed E-state index contributed by atoms with van der Waals surface area (Å²) >= 11 is 3.45. The molecule has 0 amide bonds. The number of carboxylic acid groups (broad SMARTS) is 1. The minimum Gasteiger partial charge on any atom is -0.481 e. The smallest absolute Gasteiger partial charge is 0.481 e. The first-order chi connectivity index (χ1) is 14.2. The van der Waals surface area contributed by atoms with Crippen LogP contribution in [0.4, 0.5) is 17.3 Å². The number of alkyl halides is 1. The molecule has 5 unspecified atom stereocenters. The zero-order valence-corrected chi connectivity index (χ0v) is 17.7. The second-order valence-electron chi connectivity index (χ2n) is 6.69. The van der Waals surface area contributed by atoms with Crippen LogP contribution in [0.3, 0.4) is 0 Å². The number of nitrogen functional groups attached to an aromatic ring is 1. The monoisotopic (exact) mass is 504 g/mol. The molecule has 2 fully saturated rings. The quantitative estimate of drug-likeness (QED) is 0.135. The molecule has 3 aliphatic rings. The predicted octanol–water partition coefficient (Wildman–Crippen LogP) is -0.275. The number of nitrogens with zero attached hydrogens (tertiary/aromatic N) is 3. The highest BCUT2D eigenvalue weighted by molar-refractivity contribution is 9.09. The molecular formula is C14H17BBrN5O8P+. The highest BCUT2D eigenvalue weighted by Gasteiger charge is 2.61. The van der Waals surface area contributed by atoms with Gasteiger partial charge in [0, 0.05) is 0 Å². The molecular weight excluding hydrogens is 488 g/mol. The van der Waals surface area contributed by atoms with Crippen molar-refractivity contribution < 1.29 is 38.1 Å². The number of rotatable bonds is 5. The van der Waals surface area contributed by atoms with Gasteiger partial charge in [-0.1, -0.05) is 0 Å². The first kappa shape index (κ1) is 21.5. The van der Waals surface area contributed by atoms with Crippen molar-refractivity contribution in [2.75, 3.05) is 22.6 Å². The van der Waals surface area contributed by atoms with Crippen molar-refractivity contribution in [2.45, 2.75) is 42.5 Å². The molecule has 5 N–H and O–H groups in total. The number of nitrogens with two attached hydrogens (primary N) is 1. The number of hydrogen-bond donors (Lipinski definition) is 4. The van der Waals surface area contributed by atoms with Crippen LogP contribution < -0.4 is 16.0 Å². The fourth-order valence-corrected chi connectivity index (χ4v) is 5.07. The van der Waals surface area contributed by atoms with Gasteiger partial charge in [-0.2, -0.15) is 9.05 Å². The number of hydrogen-bond acceptors (Lipinski definition) is 12.